The summed E-state index contributed by atoms with van der Waals surface area (Å²) in [7, 11) is 0. The molecule has 3 nitrogen and oxygen atoms in total. The second-order valence-corrected chi connectivity index (χ2v) is 8.19. The Morgan fingerprint density at radius 3 is 2.18 bits per heavy atom. The van der Waals surface area contributed by atoms with Gasteiger partial charge < -0.3 is 14.7 Å². The van der Waals surface area contributed by atoms with E-state index < -0.39 is 0 Å². The fourth-order valence-electron chi connectivity index (χ4n) is 3.84. The normalized spacial score (nSPS) is 28.9. The van der Waals surface area contributed by atoms with Gasteiger partial charge in [-0.25, -0.2) is 0 Å². The molecule has 1 atom stereocenters. The molecule has 1 saturated heterocycles. The average Bonchev–Trinajstić information content (AvgIpc) is 2.46. The van der Waals surface area contributed by atoms with E-state index in [-0.39, 0.29) is 18.5 Å². The van der Waals surface area contributed by atoms with Gasteiger partial charge in [0.25, 0.3) is 0 Å². The van der Waals surface area contributed by atoms with E-state index in [1.807, 2.05) is 0 Å². The second-order valence-electron chi connectivity index (χ2n) is 8.19. The van der Waals surface area contributed by atoms with Gasteiger partial charge in [0.2, 0.25) is 0 Å². The monoisotopic (exact) mass is 333 g/mol. The Hall–Kier alpha value is 0.170. The lowest BCUT2D eigenvalue weighted by Crippen LogP contribution is -2.39. The number of piperidine rings is 1. The Balaban J connectivity index is 0.00000242. The van der Waals surface area contributed by atoms with E-state index in [0.29, 0.717) is 18.1 Å². The van der Waals surface area contributed by atoms with Crippen LogP contribution in [-0.2, 0) is 4.74 Å². The Kier molecular flexibility index (Phi) is 8.69. The summed E-state index contributed by atoms with van der Waals surface area (Å²) in [5, 5.41) is 10.1. The molecule has 1 saturated carbocycles. The van der Waals surface area contributed by atoms with Crippen LogP contribution in [0.1, 0.15) is 65.7 Å². The van der Waals surface area contributed by atoms with E-state index in [4.69, 9.17) is 4.74 Å². The molecular weight excluding hydrogens is 298 g/mol. The van der Waals surface area contributed by atoms with Crippen LogP contribution in [0.15, 0.2) is 0 Å². The molecule has 1 aliphatic heterocycles. The predicted octanol–water partition coefficient (Wildman–Crippen LogP) is 3.88. The predicted molar refractivity (Wildman–Crippen MR) is 94.7 cm³/mol. The Morgan fingerprint density at radius 2 is 1.64 bits per heavy atom. The number of likely N-dealkylation sites (tertiary alicyclic amines) is 1. The third-order valence-corrected chi connectivity index (χ3v) is 5.34. The molecule has 0 aromatic heterocycles. The summed E-state index contributed by atoms with van der Waals surface area (Å²) in [6.45, 7) is 10.6. The first-order valence-electron chi connectivity index (χ1n) is 8.97. The molecule has 1 heterocycles. The van der Waals surface area contributed by atoms with Crippen LogP contribution < -0.4 is 0 Å². The van der Waals surface area contributed by atoms with Gasteiger partial charge in [0.15, 0.2) is 0 Å². The largest absolute Gasteiger partial charge is 0.389 e. The van der Waals surface area contributed by atoms with Gasteiger partial charge >= 0.3 is 0 Å². The van der Waals surface area contributed by atoms with Crippen molar-refractivity contribution in [2.24, 2.45) is 11.3 Å². The third kappa shape index (κ3) is 6.74. The van der Waals surface area contributed by atoms with Crippen LogP contribution in [0.4, 0.5) is 0 Å². The van der Waals surface area contributed by atoms with Crippen molar-refractivity contribution < 1.29 is 9.84 Å². The molecule has 1 N–H and O–H groups in total. The minimum Gasteiger partial charge on any atom is -0.389 e. The van der Waals surface area contributed by atoms with Crippen LogP contribution in [0.2, 0.25) is 0 Å². The lowest BCUT2D eigenvalue weighted by atomic mass is 9.72. The topological polar surface area (TPSA) is 32.7 Å². The summed E-state index contributed by atoms with van der Waals surface area (Å²) < 4.78 is 5.97. The number of nitrogens with zero attached hydrogens (tertiary/aromatic N) is 1. The van der Waals surface area contributed by atoms with Crippen molar-refractivity contribution in [1.29, 1.82) is 0 Å². The number of ether oxygens (including phenoxy) is 1. The molecule has 2 fully saturated rings. The van der Waals surface area contributed by atoms with Crippen LogP contribution in [0.25, 0.3) is 0 Å². The fourth-order valence-corrected chi connectivity index (χ4v) is 3.84. The number of rotatable bonds is 5. The van der Waals surface area contributed by atoms with E-state index in [0.717, 1.165) is 25.6 Å². The zero-order valence-electron chi connectivity index (χ0n) is 14.7. The molecule has 1 unspecified atom stereocenters. The summed E-state index contributed by atoms with van der Waals surface area (Å²) in [4.78, 5) is 2.38. The Morgan fingerprint density at radius 1 is 1.05 bits per heavy atom. The maximum absolute atomic E-state index is 10.1. The molecule has 4 heteroatoms. The molecule has 2 rings (SSSR count). The number of hydrogen-bond acceptors (Lipinski definition) is 3. The zero-order chi connectivity index (χ0) is 15.3. The highest BCUT2D eigenvalue weighted by Crippen LogP contribution is 2.38. The lowest BCUT2D eigenvalue weighted by Gasteiger charge is -2.37. The second kappa shape index (κ2) is 9.46. The smallest absolute Gasteiger partial charge is 0.0900 e. The van der Waals surface area contributed by atoms with Crippen molar-refractivity contribution in [2.75, 3.05) is 26.2 Å². The number of β-amino-alcohol motifs (C(OH)–C–C–N with tert-alkyl or cyclic N) is 1. The molecule has 0 aromatic rings. The number of hydrogen-bond donors (Lipinski definition) is 1. The Bertz CT molecular complexity index is 292. The number of halogens is 1. The van der Waals surface area contributed by atoms with Gasteiger partial charge in [-0.2, -0.15) is 0 Å². The molecule has 0 spiro atoms. The summed E-state index contributed by atoms with van der Waals surface area (Å²) >= 11 is 0. The van der Waals surface area contributed by atoms with Gasteiger partial charge in [0.05, 0.1) is 18.8 Å². The molecule has 0 amide bonds. The summed E-state index contributed by atoms with van der Waals surface area (Å²) in [5.41, 5.74) is 0.429. The molecule has 1 aliphatic carbocycles. The zero-order valence-corrected chi connectivity index (χ0v) is 15.5. The van der Waals surface area contributed by atoms with Crippen molar-refractivity contribution in [1.82, 2.24) is 4.90 Å². The highest BCUT2D eigenvalue weighted by molar-refractivity contribution is 5.85. The summed E-state index contributed by atoms with van der Waals surface area (Å²) in [5.74, 6) is 0.829. The lowest BCUT2D eigenvalue weighted by molar-refractivity contribution is -0.0454. The summed E-state index contributed by atoms with van der Waals surface area (Å²) in [6.07, 6.45) is 8.85. The van der Waals surface area contributed by atoms with E-state index >= 15 is 0 Å². The molecule has 2 aliphatic rings. The first-order valence-corrected chi connectivity index (χ1v) is 8.97. The van der Waals surface area contributed by atoms with E-state index in [1.165, 1.54) is 44.9 Å². The number of aliphatic hydroxyl groups excluding tert-OH is 1. The van der Waals surface area contributed by atoms with Crippen molar-refractivity contribution in [3.8, 4) is 0 Å². The van der Waals surface area contributed by atoms with Gasteiger partial charge in [-0.05, 0) is 62.9 Å². The quantitative estimate of drug-likeness (QED) is 0.828. The van der Waals surface area contributed by atoms with Gasteiger partial charge in [-0.3, -0.25) is 0 Å². The highest BCUT2D eigenvalue weighted by Gasteiger charge is 2.30. The van der Waals surface area contributed by atoms with Gasteiger partial charge in [0, 0.05) is 6.54 Å². The van der Waals surface area contributed by atoms with Gasteiger partial charge in [-0.1, -0.05) is 27.2 Å². The van der Waals surface area contributed by atoms with Crippen molar-refractivity contribution >= 4 is 12.4 Å². The molecule has 22 heavy (non-hydrogen) atoms. The Labute approximate surface area is 143 Å². The molecule has 0 aromatic carbocycles. The van der Waals surface area contributed by atoms with Crippen LogP contribution >= 0.6 is 12.4 Å². The van der Waals surface area contributed by atoms with Crippen molar-refractivity contribution in [3.05, 3.63) is 0 Å². The van der Waals surface area contributed by atoms with Crippen molar-refractivity contribution in [3.63, 3.8) is 0 Å². The summed E-state index contributed by atoms with van der Waals surface area (Å²) in [6, 6.07) is 0. The third-order valence-electron chi connectivity index (χ3n) is 5.34. The van der Waals surface area contributed by atoms with Crippen LogP contribution in [0.3, 0.4) is 0 Å². The minimum absolute atomic E-state index is 0. The van der Waals surface area contributed by atoms with Gasteiger partial charge in [0.1, 0.15) is 0 Å². The molecule has 0 bridgehead atoms. The standard InChI is InChI=1S/C18H35NO2.ClH/c1-18(2,3)15-7-9-17(10-8-15)21-14-16(20)13-19-11-5-4-6-12-19;/h15-17,20H,4-14H2,1-3H3;1H. The average molecular weight is 334 g/mol. The maximum Gasteiger partial charge on any atom is 0.0900 e. The van der Waals surface area contributed by atoms with E-state index in [2.05, 4.69) is 25.7 Å². The first kappa shape index (κ1) is 20.2. The van der Waals surface area contributed by atoms with E-state index in [1.54, 1.807) is 0 Å². The van der Waals surface area contributed by atoms with Crippen LogP contribution in [0.5, 0.6) is 0 Å². The molecular formula is C18H36ClNO2. The molecule has 132 valence electrons. The van der Waals surface area contributed by atoms with Gasteiger partial charge in [-0.15, -0.1) is 12.4 Å². The van der Waals surface area contributed by atoms with E-state index in [9.17, 15) is 5.11 Å². The first-order chi connectivity index (χ1) is 9.95. The minimum atomic E-state index is -0.316. The molecule has 0 radical (unpaired) electrons. The van der Waals surface area contributed by atoms with Crippen LogP contribution in [0, 0.1) is 11.3 Å². The highest BCUT2D eigenvalue weighted by atomic mass is 35.5. The maximum atomic E-state index is 10.1. The van der Waals surface area contributed by atoms with Crippen LogP contribution in [-0.4, -0.2) is 48.5 Å². The van der Waals surface area contributed by atoms with Crippen molar-refractivity contribution in [2.45, 2.75) is 77.9 Å². The number of aliphatic hydroxyl groups is 1. The SMILES string of the molecule is CC(C)(C)C1CCC(OCC(O)CN2CCCCC2)CC1.Cl. The fraction of sp³-hybridized carbons (Fsp3) is 1.00.